The first-order valence-electron chi connectivity index (χ1n) is 7.64. The average molecular weight is 301 g/mol. The van der Waals surface area contributed by atoms with Crippen molar-refractivity contribution in [1.29, 1.82) is 0 Å². The van der Waals surface area contributed by atoms with Gasteiger partial charge >= 0.3 is 5.97 Å². The highest BCUT2D eigenvalue weighted by Gasteiger charge is 2.50. The number of para-hydroxylation sites is 2. The van der Waals surface area contributed by atoms with Gasteiger partial charge in [0, 0.05) is 6.92 Å². The lowest BCUT2D eigenvalue weighted by Crippen LogP contribution is -2.31. The molecule has 22 heavy (non-hydrogen) atoms. The maximum atomic E-state index is 12.7. The molecule has 3 rings (SSSR count). The van der Waals surface area contributed by atoms with E-state index in [1.165, 1.54) is 11.8 Å². The van der Waals surface area contributed by atoms with Crippen LogP contribution in [-0.4, -0.2) is 17.8 Å². The molecular formula is C17H19NO4. The molecule has 1 aliphatic carbocycles. The number of benzene rings is 1. The van der Waals surface area contributed by atoms with Crippen molar-refractivity contribution in [3.05, 3.63) is 24.3 Å². The van der Waals surface area contributed by atoms with Gasteiger partial charge in [0.05, 0.1) is 17.5 Å². The van der Waals surface area contributed by atoms with E-state index in [0.717, 1.165) is 19.3 Å². The van der Waals surface area contributed by atoms with Gasteiger partial charge in [-0.25, -0.2) is 4.90 Å². The normalized spacial score (nSPS) is 27.7. The van der Waals surface area contributed by atoms with E-state index in [4.69, 9.17) is 4.74 Å². The fourth-order valence-electron chi connectivity index (χ4n) is 3.51. The molecule has 0 bridgehead atoms. The molecule has 1 saturated carbocycles. The molecule has 5 nitrogen and oxygen atoms in total. The number of hydrogen-bond donors (Lipinski definition) is 0. The fraction of sp³-hybridized carbons (Fsp3) is 0.471. The lowest BCUT2D eigenvalue weighted by Gasteiger charge is -2.25. The molecule has 0 radical (unpaired) electrons. The number of rotatable bonds is 2. The van der Waals surface area contributed by atoms with E-state index in [1.54, 1.807) is 24.3 Å². The second-order valence-corrected chi connectivity index (χ2v) is 6.20. The molecule has 0 spiro atoms. The van der Waals surface area contributed by atoms with E-state index in [0.29, 0.717) is 11.6 Å². The summed E-state index contributed by atoms with van der Waals surface area (Å²) in [7, 11) is 0. The number of hydrogen-bond acceptors (Lipinski definition) is 4. The first-order valence-corrected chi connectivity index (χ1v) is 7.64. The maximum absolute atomic E-state index is 12.7. The Balaban J connectivity index is 1.97. The Kier molecular flexibility index (Phi) is 3.72. The highest BCUT2D eigenvalue weighted by Crippen LogP contribution is 2.43. The minimum absolute atomic E-state index is 0.165. The number of amides is 2. The third-order valence-electron chi connectivity index (χ3n) is 4.55. The SMILES string of the molecule is CC(=O)Oc1ccccc1N1C(=O)C2CCC(C)CC2C1=O. The summed E-state index contributed by atoms with van der Waals surface area (Å²) in [6.45, 7) is 3.41. The molecule has 1 heterocycles. The first kappa shape index (κ1) is 14.8. The van der Waals surface area contributed by atoms with Crippen LogP contribution in [0.2, 0.25) is 0 Å². The van der Waals surface area contributed by atoms with Crippen LogP contribution in [0.3, 0.4) is 0 Å². The van der Waals surface area contributed by atoms with Gasteiger partial charge in [-0.15, -0.1) is 0 Å². The average Bonchev–Trinajstić information content (AvgIpc) is 2.71. The van der Waals surface area contributed by atoms with Crippen molar-refractivity contribution < 1.29 is 19.1 Å². The number of imide groups is 1. The second-order valence-electron chi connectivity index (χ2n) is 6.20. The zero-order chi connectivity index (χ0) is 15.9. The van der Waals surface area contributed by atoms with Gasteiger partial charge in [0.2, 0.25) is 11.8 Å². The van der Waals surface area contributed by atoms with Crippen LogP contribution >= 0.6 is 0 Å². The highest BCUT2D eigenvalue weighted by molar-refractivity contribution is 6.22. The van der Waals surface area contributed by atoms with Gasteiger partial charge in [-0.3, -0.25) is 14.4 Å². The van der Waals surface area contributed by atoms with E-state index >= 15 is 0 Å². The van der Waals surface area contributed by atoms with Gasteiger partial charge in [0.15, 0.2) is 5.75 Å². The van der Waals surface area contributed by atoms with Crippen molar-refractivity contribution in [2.24, 2.45) is 17.8 Å². The Labute approximate surface area is 129 Å². The van der Waals surface area contributed by atoms with Gasteiger partial charge in [0.25, 0.3) is 0 Å². The number of fused-ring (bicyclic) bond motifs is 1. The molecule has 2 amide bonds. The second kappa shape index (κ2) is 5.55. The van der Waals surface area contributed by atoms with Gasteiger partial charge in [-0.05, 0) is 37.3 Å². The highest BCUT2D eigenvalue weighted by atomic mass is 16.5. The van der Waals surface area contributed by atoms with E-state index < -0.39 is 5.97 Å². The summed E-state index contributed by atoms with van der Waals surface area (Å²) in [5.41, 5.74) is 0.370. The number of ether oxygens (including phenoxy) is 1. The number of carbonyl (C=O) groups is 3. The summed E-state index contributed by atoms with van der Waals surface area (Å²) in [4.78, 5) is 37.8. The Morgan fingerprint density at radius 1 is 1.14 bits per heavy atom. The minimum atomic E-state index is -0.474. The smallest absolute Gasteiger partial charge is 0.308 e. The summed E-state index contributed by atoms with van der Waals surface area (Å²) < 4.78 is 5.14. The standard InChI is InChI=1S/C17H19NO4/c1-10-7-8-12-13(9-10)17(21)18(16(12)20)14-5-3-4-6-15(14)22-11(2)19/h3-6,10,12-13H,7-9H2,1-2H3. The summed E-state index contributed by atoms with van der Waals surface area (Å²) in [5, 5.41) is 0. The van der Waals surface area contributed by atoms with Crippen molar-refractivity contribution in [3.8, 4) is 5.75 Å². The molecule has 5 heteroatoms. The van der Waals surface area contributed by atoms with Crippen LogP contribution in [0.1, 0.15) is 33.1 Å². The molecule has 3 atom stereocenters. The topological polar surface area (TPSA) is 63.7 Å². The minimum Gasteiger partial charge on any atom is -0.424 e. The van der Waals surface area contributed by atoms with Gasteiger partial charge < -0.3 is 4.74 Å². The zero-order valence-corrected chi connectivity index (χ0v) is 12.7. The molecule has 2 aliphatic rings. The Morgan fingerprint density at radius 2 is 1.82 bits per heavy atom. The monoisotopic (exact) mass is 301 g/mol. The van der Waals surface area contributed by atoms with Gasteiger partial charge in [-0.2, -0.15) is 0 Å². The number of esters is 1. The largest absolute Gasteiger partial charge is 0.424 e. The van der Waals surface area contributed by atoms with Crippen LogP contribution in [-0.2, 0) is 14.4 Å². The molecule has 1 aromatic rings. The summed E-state index contributed by atoms with van der Waals surface area (Å²) >= 11 is 0. The van der Waals surface area contributed by atoms with Crippen LogP contribution in [0, 0.1) is 17.8 Å². The summed E-state index contributed by atoms with van der Waals surface area (Å²) in [5.74, 6) is -0.555. The van der Waals surface area contributed by atoms with Crippen molar-refractivity contribution in [1.82, 2.24) is 0 Å². The molecule has 0 N–H and O–H groups in total. The lowest BCUT2D eigenvalue weighted by atomic mass is 9.76. The van der Waals surface area contributed by atoms with Crippen molar-refractivity contribution >= 4 is 23.5 Å². The third kappa shape index (κ3) is 2.40. The van der Waals surface area contributed by atoms with Gasteiger partial charge in [0.1, 0.15) is 0 Å². The number of carbonyl (C=O) groups excluding carboxylic acids is 3. The van der Waals surface area contributed by atoms with Crippen molar-refractivity contribution in [2.45, 2.75) is 33.1 Å². The molecule has 3 unspecified atom stereocenters. The summed E-state index contributed by atoms with van der Waals surface area (Å²) in [6, 6.07) is 6.69. The van der Waals surface area contributed by atoms with Crippen LogP contribution < -0.4 is 9.64 Å². The molecule has 116 valence electrons. The van der Waals surface area contributed by atoms with E-state index in [2.05, 4.69) is 6.92 Å². The Morgan fingerprint density at radius 3 is 2.55 bits per heavy atom. The molecule has 1 aliphatic heterocycles. The van der Waals surface area contributed by atoms with Crippen LogP contribution in [0.25, 0.3) is 0 Å². The number of anilines is 1. The van der Waals surface area contributed by atoms with E-state index in [1.807, 2.05) is 0 Å². The van der Waals surface area contributed by atoms with Crippen molar-refractivity contribution in [2.75, 3.05) is 4.90 Å². The Bertz CT molecular complexity index is 639. The van der Waals surface area contributed by atoms with Gasteiger partial charge in [-0.1, -0.05) is 19.1 Å². The maximum Gasteiger partial charge on any atom is 0.308 e. The quantitative estimate of drug-likeness (QED) is 0.478. The molecule has 0 aromatic heterocycles. The number of nitrogens with zero attached hydrogens (tertiary/aromatic N) is 1. The van der Waals surface area contributed by atoms with Crippen LogP contribution in [0.15, 0.2) is 24.3 Å². The Hall–Kier alpha value is -2.17. The first-order chi connectivity index (χ1) is 10.5. The van der Waals surface area contributed by atoms with Crippen LogP contribution in [0.5, 0.6) is 5.75 Å². The zero-order valence-electron chi connectivity index (χ0n) is 12.7. The fourth-order valence-corrected chi connectivity index (χ4v) is 3.51. The third-order valence-corrected chi connectivity index (χ3v) is 4.55. The molecule has 2 fully saturated rings. The van der Waals surface area contributed by atoms with Crippen molar-refractivity contribution in [3.63, 3.8) is 0 Å². The predicted molar refractivity (Wildman–Crippen MR) is 80.2 cm³/mol. The van der Waals surface area contributed by atoms with Crippen LogP contribution in [0.4, 0.5) is 5.69 Å². The summed E-state index contributed by atoms with van der Waals surface area (Å²) in [6.07, 6.45) is 2.48. The predicted octanol–water partition coefficient (Wildman–Crippen LogP) is 2.54. The van der Waals surface area contributed by atoms with E-state index in [-0.39, 0.29) is 29.4 Å². The lowest BCUT2D eigenvalue weighted by molar-refractivity contribution is -0.132. The van der Waals surface area contributed by atoms with E-state index in [9.17, 15) is 14.4 Å². The molecular weight excluding hydrogens is 282 g/mol. The molecule has 1 saturated heterocycles. The molecule has 1 aromatic carbocycles.